The molecule has 0 aromatic rings. The van der Waals surface area contributed by atoms with Gasteiger partial charge in [-0.25, -0.2) is 22.8 Å². The molecule has 6 atom stereocenters. The number of hydrogen-bond donors (Lipinski definition) is 13. The first-order valence-electron chi connectivity index (χ1n) is 14.2. The van der Waals surface area contributed by atoms with Crippen LogP contribution < -0.4 is 253 Å². The van der Waals surface area contributed by atoms with Gasteiger partial charge in [0.2, 0.25) is 0 Å². The van der Waals surface area contributed by atoms with Crippen molar-refractivity contribution in [1.29, 1.82) is 0 Å². The second kappa shape index (κ2) is 59.3. The van der Waals surface area contributed by atoms with E-state index in [1.165, 1.54) is 6.08 Å². The van der Waals surface area contributed by atoms with Crippen molar-refractivity contribution in [3.63, 3.8) is 0 Å². The first-order valence-corrected chi connectivity index (χ1v) is 32.1. The molecule has 35 nitrogen and oxygen atoms in total. The van der Waals surface area contributed by atoms with Crippen molar-refractivity contribution in [3.8, 4) is 12.5 Å². The molecule has 0 bridgehead atoms. The summed E-state index contributed by atoms with van der Waals surface area (Å²) < 4.78 is 363. The topological polar surface area (TPSA) is 558 Å². The van der Waals surface area contributed by atoms with Crippen LogP contribution in [0.15, 0.2) is 25.3 Å². The van der Waals surface area contributed by atoms with E-state index in [0.29, 0.717) is 20.4 Å². The third kappa shape index (κ3) is 123. The van der Waals surface area contributed by atoms with Gasteiger partial charge in [0.25, 0.3) is 0 Å². The van der Waals surface area contributed by atoms with E-state index in [-0.39, 0.29) is 252 Å². The van der Waals surface area contributed by atoms with Crippen molar-refractivity contribution < 1.29 is 406 Å². The molecule has 82 heavy (non-hydrogen) atoms. The van der Waals surface area contributed by atoms with Gasteiger partial charge in [-0.3, -0.25) is 45.5 Å². The first kappa shape index (κ1) is 136. The summed E-state index contributed by atoms with van der Waals surface area (Å²) >= 11 is 0. The zero-order valence-corrected chi connectivity index (χ0v) is 54.8. The number of nitrogens with one attached hydrogen (secondary N) is 6. The molecule has 0 fully saturated rings. The maximum atomic E-state index is 12.6. The molecule has 13 N–H and O–H groups in total. The van der Waals surface area contributed by atoms with Gasteiger partial charge in [0.05, 0.1) is 13.2 Å². The smallest absolute Gasteiger partial charge is 1.00 e. The average molecular weight is 1390 g/mol. The van der Waals surface area contributed by atoms with E-state index in [0.717, 1.165) is 21.2 Å². The average Bonchev–Trinajstić information content (AvgIpc) is 2.97. The molecule has 69 heteroatoms. The van der Waals surface area contributed by atoms with E-state index >= 15 is 0 Å². The molecule has 0 rings (SSSR count). The summed E-state index contributed by atoms with van der Waals surface area (Å²) in [5.41, 5.74) is 0. The van der Waals surface area contributed by atoms with Crippen LogP contribution in [0, 0.1) is 12.5 Å². The number of hydrogen-bond acceptors (Lipinski definition) is 23. The Morgan fingerprint density at radius 2 is 0.780 bits per heavy atom. The first-order chi connectivity index (χ1) is 30.1. The Morgan fingerprint density at radius 3 is 0.976 bits per heavy atom. The van der Waals surface area contributed by atoms with Crippen molar-refractivity contribution in [2.24, 2.45) is 0 Å². The maximum Gasteiger partial charge on any atom is 1.00 e. The molecule has 6 unspecified atom stereocenters. The van der Waals surface area contributed by atoms with Gasteiger partial charge in [0, 0.05) is 0 Å². The van der Waals surface area contributed by atoms with Crippen LogP contribution in [0.3, 0.4) is 0 Å². The van der Waals surface area contributed by atoms with Gasteiger partial charge in [-0.1, -0.05) is 41.0 Å². The van der Waals surface area contributed by atoms with Crippen molar-refractivity contribution in [3.05, 3.63) is 25.3 Å². The second-order valence-electron chi connectivity index (χ2n) is 9.57. The van der Waals surface area contributed by atoms with Crippen LogP contribution in [0.25, 0.3) is 0 Å². The number of aliphatic hydroxyl groups excluding tert-OH is 1. The predicted octanol–water partition coefficient (Wildman–Crippen LogP) is -32.2. The Balaban J connectivity index is -0.0000000245. The summed E-state index contributed by atoms with van der Waals surface area (Å²) in [6.07, 6.45) is -1.15. The molecule has 0 radical (unpaired) electrons. The Morgan fingerprint density at radius 1 is 0.512 bits per heavy atom. The van der Waals surface area contributed by atoms with Gasteiger partial charge in [0.1, 0.15) is 12.5 Å². The minimum Gasteiger partial charge on any atom is -1.00 e. The van der Waals surface area contributed by atoms with Gasteiger partial charge in [-0.2, -0.15) is 67.9 Å². The van der Waals surface area contributed by atoms with Crippen LogP contribution in [0.2, 0.25) is 0 Å². The zero-order chi connectivity index (χ0) is 58.1. The van der Waals surface area contributed by atoms with Gasteiger partial charge >= 0.3 is 341 Å². The molecule has 0 heterocycles. The quantitative estimate of drug-likeness (QED) is 0.00859. The third-order valence-electron chi connectivity index (χ3n) is 3.42. The Bertz CT molecular complexity index is 2810. The fourth-order valence-electron chi connectivity index (χ4n) is 1.71. The fourth-order valence-corrected chi connectivity index (χ4v) is 10.8. The van der Waals surface area contributed by atoms with Crippen LogP contribution in [0.1, 0.15) is 21.9 Å². The van der Waals surface area contributed by atoms with Gasteiger partial charge < -0.3 is 18.2 Å². The number of aliphatic hydroxyl groups is 1. The minimum absolute atomic E-state index is 0. The molecule has 0 saturated carbocycles. The number of terminal acetylenes is 1. The monoisotopic (exact) mass is 1390 g/mol. The van der Waals surface area contributed by atoms with Crippen molar-refractivity contribution in [2.75, 3.05) is 19.6 Å². The van der Waals surface area contributed by atoms with Gasteiger partial charge in [-0.05, 0) is 13.3 Å². The summed E-state index contributed by atoms with van der Waals surface area (Å²) in [6.45, 7) is 5.97. The van der Waals surface area contributed by atoms with E-state index in [4.69, 9.17) is 32.4 Å². The molecule has 0 aromatic heterocycles. The summed E-state index contributed by atoms with van der Waals surface area (Å²) in [5.74, 6) is 0. The van der Waals surface area contributed by atoms with Gasteiger partial charge in [0.15, 0.2) is 6.10 Å². The third-order valence-corrected chi connectivity index (χ3v) is 16.7. The van der Waals surface area contributed by atoms with Crippen LogP contribution in [0.5, 0.6) is 0 Å². The zero-order valence-electron chi connectivity index (χ0n) is 50.6. The van der Waals surface area contributed by atoms with Crippen LogP contribution >= 0.6 is 46.8 Å². The molecule has 0 amide bonds. The SMILES string of the molecule is C#COP(=O)(F)NS(=O)(=O)O.C=CCCOP(=O)(F)NS(=O)(=O)O.C=CCOP(=O)(F)NS(=O)(=O)O.CC(OP(=O)(F)NS(=O)(=O)O)C(F)(F)F.O=P(F)(CO)NS(=O)(=O)O.O=P(F)(F)NS(=O)(=O)O.[H-].[H-].[H-].[H-].[H-].[H-].[Li+].[Li+].[Li+].[Li+].[Li+].[Li+].[Li+].[Li+].[Li+].[Li+].[Li+].[Li+]. The fraction of sp³-hybridized carbons (Fsp3) is 0.538. The predicted molar refractivity (Wildman–Crippen MR) is 219 cm³/mol. The molecular weight excluding hydrogens is 1360 g/mol. The Hall–Kier alpha value is 5.75. The van der Waals surface area contributed by atoms with Gasteiger partial charge in [-0.15, -0.1) is 42.8 Å². The summed E-state index contributed by atoms with van der Waals surface area (Å²) in [7, 11) is -61.4. The second-order valence-corrected chi connectivity index (χ2v) is 26.9. The Kier molecular flexibility index (Phi) is 98.1. The van der Waals surface area contributed by atoms with Crippen molar-refractivity contribution in [2.45, 2.75) is 25.6 Å². The normalized spacial score (nSPS) is 14.6. The van der Waals surface area contributed by atoms with Crippen molar-refractivity contribution in [1.82, 2.24) is 27.0 Å². The molecule has 0 aliphatic rings. The number of rotatable bonds is 23. The Labute approximate surface area is 616 Å². The number of halogens is 10. The van der Waals surface area contributed by atoms with E-state index < -0.39 is 134 Å². The van der Waals surface area contributed by atoms with Crippen molar-refractivity contribution >= 4 is 109 Å². The van der Waals surface area contributed by atoms with E-state index in [2.05, 4.69) is 37.7 Å². The molecule has 436 valence electrons. The summed E-state index contributed by atoms with van der Waals surface area (Å²) in [5, 5.41) is 7.88. The van der Waals surface area contributed by atoms with E-state index in [9.17, 15) is 120 Å². The maximum absolute atomic E-state index is 12.6. The molecular formula is C13H38F10Li12N6O29P6S6+6. The summed E-state index contributed by atoms with van der Waals surface area (Å²) in [4.78, 5) is 0. The standard InChI is InChI=1S/C4H9FNO5PS.C3H6F4NO5PS.C3H7FNO5PS.C2H3FNO5PS.CH5FNO5PS.F2H2NO4PS.12Li.6H/c1-2-3-4-11-12(5,7)6-13(8,9)10;1-2(3(4,5)6)13-14(7,9)8-15(10,11)12;1-2-3-10-11(4,6)5-12(7,8)9;1-2-9-10(3,5)4-11(6,7)8;2-9(5,1-4)3-10(6,7)8;1-8(2,4)3-9(5,6)7;;;;;;;;;;;;;;;;;;/h2H,1,3-4H2,(H,6,7)(H,8,9,10);2H,1H3,(H,8,9)(H,10,11,12);2H,1,3H2,(H,5,6)(H,7,8,9);1H,(H,4,5)(H,6,7,8);4H,1H2,(H,3,5)(H,6,7,8);(H,3,4)(H,5,6,7);;;;;;;;;;;;;;;;;;/q;;;;;;12*+1;6*-1. The van der Waals surface area contributed by atoms with Crippen LogP contribution in [-0.2, 0) is 107 Å². The molecule has 0 saturated heterocycles. The van der Waals surface area contributed by atoms with Crippen LogP contribution in [-0.4, -0.2) is 115 Å². The van der Waals surface area contributed by atoms with E-state index in [1.54, 1.807) is 0 Å². The molecule has 0 aromatic carbocycles. The largest absolute Gasteiger partial charge is 1.00 e. The molecule has 0 aliphatic heterocycles. The minimum atomic E-state index is -5.88. The summed E-state index contributed by atoms with van der Waals surface area (Å²) in [6, 6.07) is 0. The number of alkyl halides is 3. The molecule has 0 aliphatic carbocycles. The molecule has 0 spiro atoms. The van der Waals surface area contributed by atoms with Crippen LogP contribution in [0.4, 0.5) is 42.5 Å². The van der Waals surface area contributed by atoms with E-state index in [1.807, 2.05) is 0 Å².